The van der Waals surface area contributed by atoms with Crippen LogP contribution in [-0.4, -0.2) is 60.4 Å². The molecule has 0 radical (unpaired) electrons. The number of ether oxygens (including phenoxy) is 1. The van der Waals surface area contributed by atoms with Crippen molar-refractivity contribution in [1.82, 2.24) is 14.5 Å². The molecular formula is C13H14F3N3O4. The Hall–Kier alpha value is -1.75. The van der Waals surface area contributed by atoms with Crippen molar-refractivity contribution in [3.05, 3.63) is 24.3 Å². The van der Waals surface area contributed by atoms with Crippen LogP contribution in [0.15, 0.2) is 18.6 Å². The van der Waals surface area contributed by atoms with Crippen LogP contribution in [0, 0.1) is 6.92 Å². The fourth-order valence-electron chi connectivity index (χ4n) is 2.67. The van der Waals surface area contributed by atoms with Crippen molar-refractivity contribution in [2.24, 2.45) is 0 Å². The first-order valence-corrected chi connectivity index (χ1v) is 6.76. The number of fused-ring (bicyclic) bond motifs is 1. The number of nitrogens with zero attached hydrogens (tertiary/aromatic N) is 3. The Balaban J connectivity index is 1.96. The number of aliphatic hydroxyl groups is 3. The van der Waals surface area contributed by atoms with E-state index in [9.17, 15) is 28.5 Å². The van der Waals surface area contributed by atoms with Crippen molar-refractivity contribution >= 4 is 11.0 Å². The maximum absolute atomic E-state index is 12.6. The van der Waals surface area contributed by atoms with Crippen LogP contribution in [0.5, 0.6) is 0 Å². The summed E-state index contributed by atoms with van der Waals surface area (Å²) in [4.78, 5) is 8.01. The predicted octanol–water partition coefficient (Wildman–Crippen LogP) is 0.282. The topological polar surface area (TPSA) is 101 Å². The zero-order chi connectivity index (χ0) is 16.9. The molecule has 1 saturated heterocycles. The van der Waals surface area contributed by atoms with Crippen molar-refractivity contribution in [3.63, 3.8) is 0 Å². The van der Waals surface area contributed by atoms with Crippen molar-refractivity contribution in [2.45, 2.75) is 43.7 Å². The first kappa shape index (κ1) is 16.1. The van der Waals surface area contributed by atoms with Gasteiger partial charge in [0, 0.05) is 11.6 Å². The van der Waals surface area contributed by atoms with Gasteiger partial charge in [0.25, 0.3) is 0 Å². The molecule has 10 heteroatoms. The summed E-state index contributed by atoms with van der Waals surface area (Å²) >= 11 is 0. The zero-order valence-corrected chi connectivity index (χ0v) is 11.8. The van der Waals surface area contributed by atoms with Crippen LogP contribution in [0.4, 0.5) is 13.2 Å². The lowest BCUT2D eigenvalue weighted by atomic mass is 10.1. The lowest BCUT2D eigenvalue weighted by Crippen LogP contribution is -2.46. The van der Waals surface area contributed by atoms with Crippen molar-refractivity contribution in [3.8, 4) is 0 Å². The summed E-state index contributed by atoms with van der Waals surface area (Å²) in [6, 6.07) is 1.63. The van der Waals surface area contributed by atoms with Crippen LogP contribution in [-0.2, 0) is 4.74 Å². The molecule has 3 rings (SSSR count). The average molecular weight is 333 g/mol. The van der Waals surface area contributed by atoms with Gasteiger partial charge in [-0.25, -0.2) is 9.97 Å². The van der Waals surface area contributed by atoms with Gasteiger partial charge in [0.05, 0.1) is 5.69 Å². The lowest BCUT2D eigenvalue weighted by molar-refractivity contribution is -0.244. The Kier molecular flexibility index (Phi) is 3.79. The van der Waals surface area contributed by atoms with E-state index in [4.69, 9.17) is 4.74 Å². The highest BCUT2D eigenvalue weighted by Crippen LogP contribution is 2.37. The Labute approximate surface area is 128 Å². The van der Waals surface area contributed by atoms with Crippen LogP contribution >= 0.6 is 0 Å². The van der Waals surface area contributed by atoms with E-state index < -0.39 is 36.8 Å². The molecule has 1 aliphatic rings. The first-order chi connectivity index (χ1) is 10.7. The van der Waals surface area contributed by atoms with E-state index in [0.717, 1.165) is 0 Å². The van der Waals surface area contributed by atoms with E-state index in [1.807, 2.05) is 0 Å². The second-order valence-corrected chi connectivity index (χ2v) is 5.38. The van der Waals surface area contributed by atoms with E-state index in [1.54, 1.807) is 13.0 Å². The van der Waals surface area contributed by atoms with Gasteiger partial charge in [0.15, 0.2) is 12.3 Å². The van der Waals surface area contributed by atoms with Crippen LogP contribution in [0.3, 0.4) is 0 Å². The third-order valence-corrected chi connectivity index (χ3v) is 3.90. The van der Waals surface area contributed by atoms with Crippen molar-refractivity contribution in [1.29, 1.82) is 0 Å². The summed E-state index contributed by atoms with van der Waals surface area (Å²) < 4.78 is 44.3. The Bertz CT molecular complexity index is 720. The van der Waals surface area contributed by atoms with Gasteiger partial charge in [-0.1, -0.05) is 0 Å². The molecule has 0 amide bonds. The van der Waals surface area contributed by atoms with Gasteiger partial charge in [0.2, 0.25) is 0 Å². The fourth-order valence-corrected chi connectivity index (χ4v) is 2.67. The molecule has 0 aliphatic carbocycles. The molecule has 0 aromatic carbocycles. The zero-order valence-electron chi connectivity index (χ0n) is 11.8. The summed E-state index contributed by atoms with van der Waals surface area (Å²) in [7, 11) is 0. The maximum atomic E-state index is 12.6. The minimum absolute atomic E-state index is 0.343. The number of hydrogen-bond acceptors (Lipinski definition) is 6. The number of hydrogen-bond donors (Lipinski definition) is 3. The summed E-state index contributed by atoms with van der Waals surface area (Å²) in [5.74, 6) is 0. The summed E-state index contributed by atoms with van der Waals surface area (Å²) in [5, 5.41) is 29.8. The second-order valence-electron chi connectivity index (χ2n) is 5.38. The molecule has 5 atom stereocenters. The SMILES string of the molecule is Cc1ncnc2c1ccn2[C@@H]1O[C@H]([C@H](O)C(F)(F)F)[C@@H](O)[C@H]1O. The molecule has 0 bridgehead atoms. The smallest absolute Gasteiger partial charge is 0.387 e. The van der Waals surface area contributed by atoms with Crippen molar-refractivity contribution < 1.29 is 33.2 Å². The van der Waals surface area contributed by atoms with Gasteiger partial charge in [-0.3, -0.25) is 0 Å². The average Bonchev–Trinajstić information content (AvgIpc) is 3.02. The summed E-state index contributed by atoms with van der Waals surface area (Å²) in [5.41, 5.74) is 0.990. The highest BCUT2D eigenvalue weighted by atomic mass is 19.4. The number of aliphatic hydroxyl groups excluding tert-OH is 3. The fraction of sp³-hybridized carbons (Fsp3) is 0.538. The molecule has 23 heavy (non-hydrogen) atoms. The van der Waals surface area contributed by atoms with E-state index in [1.165, 1.54) is 17.1 Å². The van der Waals surface area contributed by atoms with Gasteiger partial charge >= 0.3 is 6.18 Å². The highest BCUT2D eigenvalue weighted by Gasteiger charge is 2.55. The molecule has 1 aliphatic heterocycles. The van der Waals surface area contributed by atoms with Crippen LogP contribution < -0.4 is 0 Å². The van der Waals surface area contributed by atoms with Gasteiger partial charge in [-0.15, -0.1) is 0 Å². The minimum atomic E-state index is -4.97. The molecule has 126 valence electrons. The van der Waals surface area contributed by atoms with Crippen LogP contribution in [0.25, 0.3) is 11.0 Å². The molecule has 0 unspecified atom stereocenters. The molecule has 0 spiro atoms. The third-order valence-electron chi connectivity index (χ3n) is 3.90. The minimum Gasteiger partial charge on any atom is -0.387 e. The van der Waals surface area contributed by atoms with E-state index in [0.29, 0.717) is 16.7 Å². The Morgan fingerprint density at radius 1 is 1.26 bits per heavy atom. The third kappa shape index (κ3) is 2.57. The van der Waals surface area contributed by atoms with Crippen molar-refractivity contribution in [2.75, 3.05) is 0 Å². The number of aryl methyl sites for hydroxylation is 1. The second kappa shape index (κ2) is 5.41. The number of aromatic nitrogens is 3. The lowest BCUT2D eigenvalue weighted by Gasteiger charge is -2.23. The highest BCUT2D eigenvalue weighted by molar-refractivity contribution is 5.78. The largest absolute Gasteiger partial charge is 0.417 e. The van der Waals surface area contributed by atoms with Crippen LogP contribution in [0.2, 0.25) is 0 Å². The van der Waals surface area contributed by atoms with E-state index >= 15 is 0 Å². The number of rotatable bonds is 2. The van der Waals surface area contributed by atoms with Gasteiger partial charge in [-0.05, 0) is 13.0 Å². The molecule has 3 N–H and O–H groups in total. The predicted molar refractivity (Wildman–Crippen MR) is 70.3 cm³/mol. The maximum Gasteiger partial charge on any atom is 0.417 e. The van der Waals surface area contributed by atoms with E-state index in [-0.39, 0.29) is 0 Å². The monoisotopic (exact) mass is 333 g/mol. The summed E-state index contributed by atoms with van der Waals surface area (Å²) in [6.07, 6.45) is -12.0. The first-order valence-electron chi connectivity index (χ1n) is 6.76. The molecule has 2 aromatic rings. The van der Waals surface area contributed by atoms with Gasteiger partial charge in [0.1, 0.15) is 30.3 Å². The molecule has 3 heterocycles. The standard InChI is InChI=1S/C13H14F3N3O4/c1-5-6-2-3-19(11(6)18-4-17-5)12-8(21)7(20)9(23-12)10(22)13(14,15)16/h2-4,7-10,12,20-22H,1H3/t7-,8+,9-,10-,12+/m0/s1. The van der Waals surface area contributed by atoms with Crippen LogP contribution in [0.1, 0.15) is 11.9 Å². The molecular weight excluding hydrogens is 319 g/mol. The molecule has 7 nitrogen and oxygen atoms in total. The summed E-state index contributed by atoms with van der Waals surface area (Å²) in [6.45, 7) is 1.73. The number of alkyl halides is 3. The normalized spacial score (nSPS) is 30.0. The molecule has 0 saturated carbocycles. The van der Waals surface area contributed by atoms with Gasteiger partial charge in [-0.2, -0.15) is 13.2 Å². The molecule has 1 fully saturated rings. The quantitative estimate of drug-likeness (QED) is 0.730. The Morgan fingerprint density at radius 3 is 2.61 bits per heavy atom. The van der Waals surface area contributed by atoms with E-state index in [2.05, 4.69) is 9.97 Å². The molecule has 2 aromatic heterocycles. The number of halogens is 3. The Morgan fingerprint density at radius 2 is 1.96 bits per heavy atom. The van der Waals surface area contributed by atoms with Gasteiger partial charge < -0.3 is 24.6 Å².